The molecule has 112 valence electrons. The molecule has 1 rings (SSSR count). The molecule has 1 aromatic rings. The van der Waals surface area contributed by atoms with Gasteiger partial charge in [-0.3, -0.25) is 4.79 Å². The number of nitrogens with one attached hydrogen (secondary N) is 2. The van der Waals surface area contributed by atoms with Crippen molar-refractivity contribution in [2.45, 2.75) is 32.3 Å². The number of hydrogen-bond acceptors (Lipinski definition) is 6. The molecule has 0 radical (unpaired) electrons. The number of ether oxygens (including phenoxy) is 1. The first kappa shape index (κ1) is 16.4. The van der Waals surface area contributed by atoms with Gasteiger partial charge in [0, 0.05) is 0 Å². The molecule has 0 saturated carbocycles. The van der Waals surface area contributed by atoms with Gasteiger partial charge in [0.25, 0.3) is 0 Å². The third-order valence-electron chi connectivity index (χ3n) is 2.35. The lowest BCUT2D eigenvalue weighted by molar-refractivity contribution is -0.122. The van der Waals surface area contributed by atoms with E-state index in [-0.39, 0.29) is 6.61 Å². The minimum atomic E-state index is -2.26. The molecule has 2 atom stereocenters. The molecule has 20 heavy (non-hydrogen) atoms. The van der Waals surface area contributed by atoms with E-state index in [1.807, 2.05) is 0 Å². The number of furan rings is 1. The van der Waals surface area contributed by atoms with Crippen molar-refractivity contribution in [2.24, 2.45) is 0 Å². The van der Waals surface area contributed by atoms with E-state index in [4.69, 9.17) is 18.9 Å². The second kappa shape index (κ2) is 7.84. The number of carbonyl (C=O) groups excluding carboxylic acids is 2. The largest absolute Gasteiger partial charge is 0.466 e. The maximum absolute atomic E-state index is 11.6. The summed E-state index contributed by atoms with van der Waals surface area (Å²) in [6.07, 6.45) is 0.683. The van der Waals surface area contributed by atoms with Gasteiger partial charge in [-0.25, -0.2) is 4.79 Å². The Morgan fingerprint density at radius 2 is 2.10 bits per heavy atom. The van der Waals surface area contributed by atoms with E-state index in [2.05, 4.69) is 10.6 Å². The van der Waals surface area contributed by atoms with Crippen molar-refractivity contribution < 1.29 is 28.5 Å². The van der Waals surface area contributed by atoms with Gasteiger partial charge >= 0.3 is 6.09 Å². The highest BCUT2D eigenvalue weighted by molar-refractivity contribution is 7.45. The standard InChI is InChI=1S/C11H17N2O6P/c1-7(10(14)13-8(2)20(16)17)12-11(15)19-6-9-4-3-5-18-9/h3-5,7-8,16-17H,6H2,1-2H3,(H,12,15)(H,13,14)/t7-,8?/m0/s1. The predicted octanol–water partition coefficient (Wildman–Crippen LogP) is 0.653. The fraction of sp³-hybridized carbons (Fsp3) is 0.455. The van der Waals surface area contributed by atoms with E-state index in [9.17, 15) is 9.59 Å². The molecule has 0 fully saturated rings. The summed E-state index contributed by atoms with van der Waals surface area (Å²) in [6, 6.07) is 2.45. The van der Waals surface area contributed by atoms with Crippen LogP contribution in [0.5, 0.6) is 0 Å². The van der Waals surface area contributed by atoms with Gasteiger partial charge in [-0.15, -0.1) is 0 Å². The molecule has 1 heterocycles. The molecule has 0 aromatic carbocycles. The van der Waals surface area contributed by atoms with Crippen LogP contribution in [0.15, 0.2) is 22.8 Å². The van der Waals surface area contributed by atoms with Crippen molar-refractivity contribution in [3.63, 3.8) is 0 Å². The molecule has 1 unspecified atom stereocenters. The van der Waals surface area contributed by atoms with Gasteiger partial charge in [0.15, 0.2) is 15.0 Å². The third kappa shape index (κ3) is 5.56. The van der Waals surface area contributed by atoms with Crippen molar-refractivity contribution in [1.82, 2.24) is 10.6 Å². The molecular formula is C11H17N2O6P. The van der Waals surface area contributed by atoms with Crippen molar-refractivity contribution in [3.05, 3.63) is 24.2 Å². The van der Waals surface area contributed by atoms with Crippen LogP contribution >= 0.6 is 8.38 Å². The van der Waals surface area contributed by atoms with Crippen LogP contribution in [0.4, 0.5) is 4.79 Å². The van der Waals surface area contributed by atoms with Crippen LogP contribution in [-0.2, 0) is 16.1 Å². The highest BCUT2D eigenvalue weighted by atomic mass is 31.2. The lowest BCUT2D eigenvalue weighted by Gasteiger charge is -2.18. The molecule has 0 bridgehead atoms. The number of rotatable bonds is 6. The van der Waals surface area contributed by atoms with Crippen LogP contribution in [0.25, 0.3) is 0 Å². The Kier molecular flexibility index (Phi) is 6.44. The van der Waals surface area contributed by atoms with Gasteiger partial charge in [0.05, 0.1) is 12.0 Å². The molecule has 9 heteroatoms. The number of amides is 2. The second-order valence-corrected chi connectivity index (χ2v) is 5.44. The fourth-order valence-electron chi connectivity index (χ4n) is 1.20. The Morgan fingerprint density at radius 1 is 1.40 bits per heavy atom. The monoisotopic (exact) mass is 304 g/mol. The lowest BCUT2D eigenvalue weighted by Crippen LogP contribution is -2.47. The molecule has 0 saturated heterocycles. The topological polar surface area (TPSA) is 121 Å². The van der Waals surface area contributed by atoms with Crippen LogP contribution in [-0.4, -0.2) is 33.6 Å². The van der Waals surface area contributed by atoms with Crippen molar-refractivity contribution >= 4 is 20.4 Å². The molecule has 0 aliphatic rings. The quantitative estimate of drug-likeness (QED) is 0.573. The minimum absolute atomic E-state index is 0.0395. The summed E-state index contributed by atoms with van der Waals surface area (Å²) in [7, 11) is -2.26. The van der Waals surface area contributed by atoms with E-state index in [0.717, 1.165) is 0 Å². The van der Waals surface area contributed by atoms with E-state index < -0.39 is 32.2 Å². The van der Waals surface area contributed by atoms with Gasteiger partial charge in [-0.05, 0) is 26.0 Å². The summed E-state index contributed by atoms with van der Waals surface area (Å²) >= 11 is 0. The number of alkyl carbamates (subject to hydrolysis) is 1. The molecule has 0 aliphatic heterocycles. The Hall–Kier alpha value is -1.63. The first-order valence-electron chi connectivity index (χ1n) is 5.83. The molecule has 0 aliphatic carbocycles. The smallest absolute Gasteiger partial charge is 0.408 e. The summed E-state index contributed by atoms with van der Waals surface area (Å²) in [6.45, 7) is 2.86. The zero-order chi connectivity index (χ0) is 15.1. The Morgan fingerprint density at radius 3 is 2.65 bits per heavy atom. The fourth-order valence-corrected chi connectivity index (χ4v) is 1.45. The van der Waals surface area contributed by atoms with E-state index in [1.165, 1.54) is 20.1 Å². The first-order valence-corrected chi connectivity index (χ1v) is 7.15. The average Bonchev–Trinajstić information content (AvgIpc) is 2.89. The van der Waals surface area contributed by atoms with Crippen molar-refractivity contribution in [3.8, 4) is 0 Å². The Bertz CT molecular complexity index is 436. The Labute approximate surface area is 117 Å². The first-order chi connectivity index (χ1) is 9.40. The van der Waals surface area contributed by atoms with Gasteiger partial charge in [-0.1, -0.05) is 0 Å². The van der Waals surface area contributed by atoms with Crippen LogP contribution in [0.1, 0.15) is 19.6 Å². The predicted molar refractivity (Wildman–Crippen MR) is 70.5 cm³/mol. The summed E-state index contributed by atoms with van der Waals surface area (Å²) in [5, 5.41) is 4.67. The van der Waals surface area contributed by atoms with Crippen LogP contribution in [0.2, 0.25) is 0 Å². The van der Waals surface area contributed by atoms with Gasteiger partial charge in [0.1, 0.15) is 11.8 Å². The summed E-state index contributed by atoms with van der Waals surface area (Å²) in [4.78, 5) is 40.9. The van der Waals surface area contributed by atoms with Crippen molar-refractivity contribution in [2.75, 3.05) is 0 Å². The van der Waals surface area contributed by atoms with E-state index >= 15 is 0 Å². The third-order valence-corrected chi connectivity index (χ3v) is 3.17. The lowest BCUT2D eigenvalue weighted by atomic mass is 10.3. The highest BCUT2D eigenvalue weighted by Gasteiger charge is 2.21. The Balaban J connectivity index is 2.31. The maximum Gasteiger partial charge on any atom is 0.408 e. The van der Waals surface area contributed by atoms with E-state index in [0.29, 0.717) is 5.76 Å². The summed E-state index contributed by atoms with van der Waals surface area (Å²) in [5.41, 5.74) is 0. The zero-order valence-corrected chi connectivity index (χ0v) is 12.0. The second-order valence-electron chi connectivity index (χ2n) is 4.03. The van der Waals surface area contributed by atoms with Gasteiger partial charge in [-0.2, -0.15) is 0 Å². The van der Waals surface area contributed by atoms with Gasteiger partial charge < -0.3 is 29.6 Å². The molecule has 1 aromatic heterocycles. The molecule has 0 spiro atoms. The average molecular weight is 304 g/mol. The van der Waals surface area contributed by atoms with Crippen LogP contribution < -0.4 is 10.6 Å². The molecule has 2 amide bonds. The van der Waals surface area contributed by atoms with Crippen LogP contribution in [0.3, 0.4) is 0 Å². The number of hydrogen-bond donors (Lipinski definition) is 4. The van der Waals surface area contributed by atoms with E-state index in [1.54, 1.807) is 12.1 Å². The summed E-state index contributed by atoms with van der Waals surface area (Å²) in [5.74, 6) is -0.832. The number of carbonyl (C=O) groups is 2. The molecule has 4 N–H and O–H groups in total. The van der Waals surface area contributed by atoms with Crippen LogP contribution in [0, 0.1) is 0 Å². The normalized spacial score (nSPS) is 13.7. The summed E-state index contributed by atoms with van der Waals surface area (Å²) < 4.78 is 9.82. The minimum Gasteiger partial charge on any atom is -0.466 e. The molecular weight excluding hydrogens is 287 g/mol. The maximum atomic E-state index is 11.6. The zero-order valence-electron chi connectivity index (χ0n) is 11.1. The molecule has 8 nitrogen and oxygen atoms in total. The SMILES string of the molecule is CC(NC(=O)[C@H](C)NC(=O)OCc1ccco1)P(O)O. The van der Waals surface area contributed by atoms with Crippen molar-refractivity contribution in [1.29, 1.82) is 0 Å². The van der Waals surface area contributed by atoms with Gasteiger partial charge in [0.2, 0.25) is 5.91 Å². The highest BCUT2D eigenvalue weighted by Crippen LogP contribution is 2.27.